The highest BCUT2D eigenvalue weighted by molar-refractivity contribution is 7.93. The second-order valence-electron chi connectivity index (χ2n) is 4.85. The Bertz CT molecular complexity index is 661. The summed E-state index contributed by atoms with van der Waals surface area (Å²) in [5, 5.41) is 8.71. The number of hydrogen-bond acceptors (Lipinski definition) is 3. The van der Waals surface area contributed by atoms with Crippen LogP contribution >= 0.6 is 0 Å². The minimum absolute atomic E-state index is 0.0308. The van der Waals surface area contributed by atoms with Crippen LogP contribution in [0.25, 0.3) is 0 Å². The Morgan fingerprint density at radius 3 is 2.85 bits per heavy atom. The third-order valence-electron chi connectivity index (χ3n) is 3.00. The molecule has 0 aromatic heterocycles. The lowest BCUT2D eigenvalue weighted by Crippen LogP contribution is -2.26. The second kappa shape index (κ2) is 5.81. The van der Waals surface area contributed by atoms with Crippen LogP contribution in [-0.4, -0.2) is 32.4 Å². The molecule has 1 heterocycles. The van der Waals surface area contributed by atoms with Crippen LogP contribution in [-0.2, 0) is 10.0 Å². The fourth-order valence-corrected chi connectivity index (χ4v) is 4.13. The lowest BCUT2D eigenvalue weighted by Gasteiger charge is -2.18. The number of benzene rings is 1. The zero-order chi connectivity index (χ0) is 14.8. The zero-order valence-corrected chi connectivity index (χ0v) is 12.0. The smallest absolute Gasteiger partial charge is 0.235 e. The van der Waals surface area contributed by atoms with Crippen molar-refractivity contribution < 1.29 is 17.9 Å². The SMILES string of the molecule is CC1CN(c2ccc(F)cc2C#CCCO)S(=O)(=O)C1. The summed E-state index contributed by atoms with van der Waals surface area (Å²) in [5.41, 5.74) is 0.734. The molecule has 20 heavy (non-hydrogen) atoms. The Kier molecular flexibility index (Phi) is 4.31. The van der Waals surface area contributed by atoms with Crippen molar-refractivity contribution in [3.05, 3.63) is 29.6 Å². The van der Waals surface area contributed by atoms with E-state index in [2.05, 4.69) is 11.8 Å². The largest absolute Gasteiger partial charge is 0.395 e. The molecule has 0 saturated carbocycles. The Labute approximate surface area is 118 Å². The van der Waals surface area contributed by atoms with Gasteiger partial charge in [-0.1, -0.05) is 18.8 Å². The molecule has 108 valence electrons. The number of aliphatic hydroxyl groups excluding tert-OH is 1. The van der Waals surface area contributed by atoms with E-state index in [1.807, 2.05) is 6.92 Å². The molecule has 1 aromatic carbocycles. The van der Waals surface area contributed by atoms with Crippen molar-refractivity contribution in [2.75, 3.05) is 23.2 Å². The van der Waals surface area contributed by atoms with Gasteiger partial charge >= 0.3 is 0 Å². The lowest BCUT2D eigenvalue weighted by molar-refractivity contribution is 0.305. The first kappa shape index (κ1) is 14.8. The van der Waals surface area contributed by atoms with Crippen molar-refractivity contribution in [2.24, 2.45) is 5.92 Å². The molecular formula is C14H16FNO3S. The summed E-state index contributed by atoms with van der Waals surface area (Å²) < 4.78 is 38.8. The molecule has 1 fully saturated rings. The first-order chi connectivity index (χ1) is 9.44. The third-order valence-corrected chi connectivity index (χ3v) is 5.00. The Morgan fingerprint density at radius 1 is 1.50 bits per heavy atom. The van der Waals surface area contributed by atoms with E-state index < -0.39 is 15.8 Å². The van der Waals surface area contributed by atoms with Crippen molar-refractivity contribution in [3.8, 4) is 11.8 Å². The van der Waals surface area contributed by atoms with Crippen LogP contribution in [0.15, 0.2) is 18.2 Å². The van der Waals surface area contributed by atoms with E-state index in [4.69, 9.17) is 5.11 Å². The van der Waals surface area contributed by atoms with Gasteiger partial charge < -0.3 is 5.11 Å². The minimum atomic E-state index is -3.36. The summed E-state index contributed by atoms with van der Waals surface area (Å²) >= 11 is 0. The summed E-state index contributed by atoms with van der Waals surface area (Å²) in [4.78, 5) is 0. The van der Waals surface area contributed by atoms with Crippen LogP contribution in [0.4, 0.5) is 10.1 Å². The van der Waals surface area contributed by atoms with E-state index >= 15 is 0 Å². The van der Waals surface area contributed by atoms with E-state index in [9.17, 15) is 12.8 Å². The molecule has 0 radical (unpaired) electrons. The normalized spacial score (nSPS) is 20.6. The zero-order valence-electron chi connectivity index (χ0n) is 11.1. The Morgan fingerprint density at radius 2 is 2.25 bits per heavy atom. The molecule has 0 spiro atoms. The number of aliphatic hydroxyl groups is 1. The van der Waals surface area contributed by atoms with Gasteiger partial charge in [-0.2, -0.15) is 0 Å². The molecule has 0 bridgehead atoms. The highest BCUT2D eigenvalue weighted by atomic mass is 32.2. The molecule has 6 heteroatoms. The maximum absolute atomic E-state index is 13.3. The maximum Gasteiger partial charge on any atom is 0.235 e. The number of anilines is 1. The first-order valence-electron chi connectivity index (χ1n) is 6.34. The second-order valence-corrected chi connectivity index (χ2v) is 6.79. The van der Waals surface area contributed by atoms with Gasteiger partial charge in [-0.15, -0.1) is 0 Å². The molecule has 1 aliphatic heterocycles. The Balaban J connectivity index is 2.44. The summed E-state index contributed by atoms with van der Waals surface area (Å²) in [7, 11) is -3.36. The van der Waals surface area contributed by atoms with Gasteiger partial charge in [0.15, 0.2) is 0 Å². The fraction of sp³-hybridized carbons (Fsp3) is 0.429. The van der Waals surface area contributed by atoms with Crippen molar-refractivity contribution in [1.82, 2.24) is 0 Å². The summed E-state index contributed by atoms with van der Waals surface area (Å²) in [5.74, 6) is 5.08. The molecular weight excluding hydrogens is 281 g/mol. The third kappa shape index (κ3) is 3.11. The Hall–Kier alpha value is -1.58. The summed E-state index contributed by atoms with van der Waals surface area (Å²) in [6.45, 7) is 2.15. The predicted molar refractivity (Wildman–Crippen MR) is 75.3 cm³/mol. The van der Waals surface area contributed by atoms with E-state index in [0.29, 0.717) is 17.8 Å². The van der Waals surface area contributed by atoms with Crippen molar-refractivity contribution in [1.29, 1.82) is 0 Å². The number of sulfonamides is 1. The first-order valence-corrected chi connectivity index (χ1v) is 7.94. The summed E-state index contributed by atoms with van der Waals surface area (Å²) in [6, 6.07) is 3.89. The van der Waals surface area contributed by atoms with Gasteiger partial charge in [-0.05, 0) is 24.1 Å². The molecule has 1 unspecified atom stereocenters. The minimum Gasteiger partial charge on any atom is -0.395 e. The van der Waals surface area contributed by atoms with Crippen LogP contribution in [0, 0.1) is 23.6 Å². The van der Waals surface area contributed by atoms with Gasteiger partial charge in [-0.3, -0.25) is 4.31 Å². The molecule has 2 rings (SSSR count). The van der Waals surface area contributed by atoms with E-state index in [1.165, 1.54) is 22.5 Å². The molecule has 4 nitrogen and oxygen atoms in total. The van der Waals surface area contributed by atoms with Gasteiger partial charge in [0.05, 0.1) is 23.6 Å². The predicted octanol–water partition coefficient (Wildman–Crippen LogP) is 1.35. The molecule has 0 amide bonds. The molecule has 1 aromatic rings. The van der Waals surface area contributed by atoms with E-state index in [-0.39, 0.29) is 24.7 Å². The van der Waals surface area contributed by atoms with Crippen LogP contribution < -0.4 is 4.31 Å². The molecule has 1 saturated heterocycles. The van der Waals surface area contributed by atoms with E-state index in [0.717, 1.165) is 0 Å². The van der Waals surface area contributed by atoms with Crippen LogP contribution in [0.5, 0.6) is 0 Å². The quantitative estimate of drug-likeness (QED) is 0.838. The maximum atomic E-state index is 13.3. The molecule has 1 atom stereocenters. The number of nitrogens with zero attached hydrogens (tertiary/aromatic N) is 1. The summed E-state index contributed by atoms with van der Waals surface area (Å²) in [6.07, 6.45) is 0.263. The van der Waals surface area contributed by atoms with Gasteiger partial charge in [0.25, 0.3) is 0 Å². The molecule has 1 N–H and O–H groups in total. The van der Waals surface area contributed by atoms with Gasteiger partial charge in [0.2, 0.25) is 10.0 Å². The van der Waals surface area contributed by atoms with Crippen LogP contribution in [0.2, 0.25) is 0 Å². The monoisotopic (exact) mass is 297 g/mol. The number of hydrogen-bond donors (Lipinski definition) is 1. The van der Waals surface area contributed by atoms with Crippen LogP contribution in [0.1, 0.15) is 18.9 Å². The lowest BCUT2D eigenvalue weighted by atomic mass is 10.1. The van der Waals surface area contributed by atoms with E-state index in [1.54, 1.807) is 0 Å². The molecule has 0 aliphatic carbocycles. The standard InChI is InChI=1S/C14H16FNO3S/c1-11-9-16(20(18,19)10-11)14-6-5-13(15)8-12(14)4-2-3-7-17/h5-6,8,11,17H,3,7,9-10H2,1H3. The van der Waals surface area contributed by atoms with Gasteiger partial charge in [-0.25, -0.2) is 12.8 Å². The van der Waals surface area contributed by atoms with Crippen molar-refractivity contribution >= 4 is 15.7 Å². The van der Waals surface area contributed by atoms with Crippen molar-refractivity contribution in [2.45, 2.75) is 13.3 Å². The van der Waals surface area contributed by atoms with Gasteiger partial charge in [0.1, 0.15) is 5.82 Å². The fourth-order valence-electron chi connectivity index (χ4n) is 2.19. The van der Waals surface area contributed by atoms with Gasteiger partial charge in [0, 0.05) is 13.0 Å². The highest BCUT2D eigenvalue weighted by Gasteiger charge is 2.34. The van der Waals surface area contributed by atoms with Crippen molar-refractivity contribution in [3.63, 3.8) is 0 Å². The highest BCUT2D eigenvalue weighted by Crippen LogP contribution is 2.30. The van der Waals surface area contributed by atoms with Crippen LogP contribution in [0.3, 0.4) is 0 Å². The average Bonchev–Trinajstić information content (AvgIpc) is 2.63. The average molecular weight is 297 g/mol. The molecule has 1 aliphatic rings. The number of halogens is 1. The topological polar surface area (TPSA) is 57.6 Å². The number of rotatable bonds is 2.